The van der Waals surface area contributed by atoms with E-state index in [2.05, 4.69) is 20.4 Å². The summed E-state index contributed by atoms with van der Waals surface area (Å²) in [6.07, 6.45) is 0.524. The zero-order chi connectivity index (χ0) is 27.3. The highest BCUT2D eigenvalue weighted by Gasteiger charge is 2.38. The lowest BCUT2D eigenvalue weighted by atomic mass is 10.1. The molecule has 0 unspecified atom stereocenters. The van der Waals surface area contributed by atoms with E-state index in [-0.39, 0.29) is 5.91 Å². The summed E-state index contributed by atoms with van der Waals surface area (Å²) < 4.78 is 38.8. The van der Waals surface area contributed by atoms with Gasteiger partial charge >= 0.3 is 12.1 Å². The standard InChI is InChI=1S/C23H22N6O2.C2HF3O2/c1-28-15-19(14-25-28)17-2-3-18-13-24-23(27-21(18)12-17)26-20-6-4-16(5-7-20)22(30)29-8-10-31-11-9-29;3-2(4,5)1(6)7/h2-7,12-15H,8-11H2,1H3,(H,24,26,27);(H,6,7). The van der Waals surface area contributed by atoms with Crippen molar-refractivity contribution in [2.45, 2.75) is 6.18 Å². The zero-order valence-corrected chi connectivity index (χ0v) is 20.1. The minimum absolute atomic E-state index is 0.0275. The van der Waals surface area contributed by atoms with E-state index in [0.29, 0.717) is 37.8 Å². The van der Waals surface area contributed by atoms with Crippen LogP contribution in [0.4, 0.5) is 24.8 Å². The number of carbonyl (C=O) groups excluding carboxylic acids is 1. The van der Waals surface area contributed by atoms with Gasteiger partial charge in [-0.15, -0.1) is 0 Å². The molecule has 0 aliphatic carbocycles. The van der Waals surface area contributed by atoms with Gasteiger partial charge in [0.1, 0.15) is 0 Å². The van der Waals surface area contributed by atoms with Crippen LogP contribution in [0.2, 0.25) is 0 Å². The third-order valence-corrected chi connectivity index (χ3v) is 5.55. The SMILES string of the molecule is Cn1cc(-c2ccc3cnc(Nc4ccc(C(=O)N5CCOCC5)cc4)nc3c2)cn1.O=C(O)C(F)(F)F. The number of carboxylic acids is 1. The highest BCUT2D eigenvalue weighted by Crippen LogP contribution is 2.24. The summed E-state index contributed by atoms with van der Waals surface area (Å²) >= 11 is 0. The van der Waals surface area contributed by atoms with E-state index in [0.717, 1.165) is 27.7 Å². The quantitative estimate of drug-likeness (QED) is 0.409. The van der Waals surface area contributed by atoms with Crippen molar-refractivity contribution in [1.29, 1.82) is 0 Å². The molecule has 0 bridgehead atoms. The van der Waals surface area contributed by atoms with Crippen molar-refractivity contribution in [3.05, 3.63) is 66.6 Å². The summed E-state index contributed by atoms with van der Waals surface area (Å²) in [6, 6.07) is 13.5. The molecule has 198 valence electrons. The summed E-state index contributed by atoms with van der Waals surface area (Å²) in [5, 5.41) is 15.5. The van der Waals surface area contributed by atoms with Crippen LogP contribution in [0.3, 0.4) is 0 Å². The first-order valence-corrected chi connectivity index (χ1v) is 11.4. The second-order valence-electron chi connectivity index (χ2n) is 8.28. The van der Waals surface area contributed by atoms with Gasteiger partial charge in [-0.25, -0.2) is 14.8 Å². The monoisotopic (exact) mass is 528 g/mol. The van der Waals surface area contributed by atoms with Crippen LogP contribution in [0.15, 0.2) is 61.1 Å². The number of amides is 1. The summed E-state index contributed by atoms with van der Waals surface area (Å²) in [4.78, 5) is 32.4. The van der Waals surface area contributed by atoms with E-state index < -0.39 is 12.1 Å². The van der Waals surface area contributed by atoms with E-state index in [1.807, 2.05) is 66.8 Å². The van der Waals surface area contributed by atoms with Crippen molar-refractivity contribution in [3.63, 3.8) is 0 Å². The molecule has 1 aliphatic heterocycles. The zero-order valence-electron chi connectivity index (χ0n) is 20.1. The molecular weight excluding hydrogens is 505 g/mol. The van der Waals surface area contributed by atoms with E-state index >= 15 is 0 Å². The highest BCUT2D eigenvalue weighted by molar-refractivity contribution is 5.94. The molecule has 1 aliphatic rings. The maximum atomic E-state index is 12.6. The molecule has 10 nitrogen and oxygen atoms in total. The van der Waals surface area contributed by atoms with Crippen LogP contribution >= 0.6 is 0 Å². The number of carbonyl (C=O) groups is 2. The number of alkyl halides is 3. The molecule has 38 heavy (non-hydrogen) atoms. The smallest absolute Gasteiger partial charge is 0.475 e. The minimum atomic E-state index is -5.08. The Labute approximate surface area is 214 Å². The van der Waals surface area contributed by atoms with Crippen LogP contribution < -0.4 is 5.32 Å². The molecule has 0 radical (unpaired) electrons. The Morgan fingerprint density at radius 2 is 1.71 bits per heavy atom. The fraction of sp³-hybridized carbons (Fsp3) is 0.240. The molecule has 13 heteroatoms. The Hall–Kier alpha value is -4.52. The molecule has 3 heterocycles. The van der Waals surface area contributed by atoms with Crippen LogP contribution in [-0.2, 0) is 16.6 Å². The van der Waals surface area contributed by atoms with Gasteiger partial charge in [0.2, 0.25) is 5.95 Å². The number of carboxylic acid groups (broad SMARTS) is 1. The van der Waals surface area contributed by atoms with Crippen LogP contribution in [0.1, 0.15) is 10.4 Å². The van der Waals surface area contributed by atoms with Gasteiger partial charge in [0.25, 0.3) is 5.91 Å². The number of benzene rings is 2. The Kier molecular flexibility index (Phi) is 7.86. The minimum Gasteiger partial charge on any atom is -0.475 e. The number of hydrogen-bond donors (Lipinski definition) is 2. The van der Waals surface area contributed by atoms with Gasteiger partial charge in [0, 0.05) is 54.7 Å². The average molecular weight is 528 g/mol. The lowest BCUT2D eigenvalue weighted by molar-refractivity contribution is -0.192. The molecule has 1 amide bonds. The number of ether oxygens (including phenoxy) is 1. The molecule has 5 rings (SSSR count). The van der Waals surface area contributed by atoms with Crippen LogP contribution in [-0.4, -0.2) is 74.1 Å². The van der Waals surface area contributed by atoms with E-state index in [4.69, 9.17) is 14.6 Å². The van der Waals surface area contributed by atoms with Gasteiger partial charge in [-0.05, 0) is 35.9 Å². The molecule has 0 atom stereocenters. The maximum Gasteiger partial charge on any atom is 0.490 e. The predicted octanol–water partition coefficient (Wildman–Crippen LogP) is 3.88. The van der Waals surface area contributed by atoms with Crippen molar-refractivity contribution in [1.82, 2.24) is 24.6 Å². The summed E-state index contributed by atoms with van der Waals surface area (Å²) in [7, 11) is 1.90. The first-order chi connectivity index (χ1) is 18.1. The number of aliphatic carboxylic acids is 1. The van der Waals surface area contributed by atoms with Gasteiger partial charge in [0.05, 0.1) is 24.9 Å². The third-order valence-electron chi connectivity index (χ3n) is 5.55. The number of nitrogens with one attached hydrogen (secondary N) is 1. The Morgan fingerprint density at radius 3 is 2.32 bits per heavy atom. The second-order valence-corrected chi connectivity index (χ2v) is 8.28. The van der Waals surface area contributed by atoms with Gasteiger partial charge in [-0.2, -0.15) is 18.3 Å². The van der Waals surface area contributed by atoms with Crippen molar-refractivity contribution >= 4 is 34.4 Å². The normalized spacial score (nSPS) is 13.5. The van der Waals surface area contributed by atoms with Gasteiger partial charge < -0.3 is 20.1 Å². The van der Waals surface area contributed by atoms with Gasteiger partial charge in [-0.3, -0.25) is 9.48 Å². The summed E-state index contributed by atoms with van der Waals surface area (Å²) in [5.74, 6) is -2.23. The van der Waals surface area contributed by atoms with Crippen molar-refractivity contribution in [3.8, 4) is 11.1 Å². The van der Waals surface area contributed by atoms with Crippen LogP contribution in [0, 0.1) is 0 Å². The number of rotatable bonds is 4. The number of fused-ring (bicyclic) bond motifs is 1. The van der Waals surface area contributed by atoms with Crippen molar-refractivity contribution in [2.24, 2.45) is 7.05 Å². The van der Waals surface area contributed by atoms with E-state index in [9.17, 15) is 18.0 Å². The number of halogens is 3. The van der Waals surface area contributed by atoms with Crippen LogP contribution in [0.25, 0.3) is 22.0 Å². The molecule has 2 aromatic carbocycles. The molecule has 1 fully saturated rings. The Balaban J connectivity index is 0.000000426. The topological polar surface area (TPSA) is 122 Å². The molecule has 2 aromatic heterocycles. The molecule has 0 spiro atoms. The maximum absolute atomic E-state index is 12.6. The molecule has 0 saturated carbocycles. The molecule has 1 saturated heterocycles. The molecule has 2 N–H and O–H groups in total. The summed E-state index contributed by atoms with van der Waals surface area (Å²) in [6.45, 7) is 2.44. The third kappa shape index (κ3) is 6.62. The lowest BCUT2D eigenvalue weighted by Crippen LogP contribution is -2.40. The first-order valence-electron chi connectivity index (χ1n) is 11.4. The highest BCUT2D eigenvalue weighted by atomic mass is 19.4. The van der Waals surface area contributed by atoms with Gasteiger partial charge in [-0.1, -0.05) is 12.1 Å². The number of morpholine rings is 1. The number of nitrogens with zero attached hydrogens (tertiary/aromatic N) is 5. The number of hydrogen-bond acceptors (Lipinski definition) is 7. The summed E-state index contributed by atoms with van der Waals surface area (Å²) in [5.41, 5.74) is 4.42. The Morgan fingerprint density at radius 1 is 1.03 bits per heavy atom. The molecular formula is C25H23F3N6O4. The van der Waals surface area contributed by atoms with Crippen molar-refractivity contribution < 1.29 is 32.6 Å². The van der Waals surface area contributed by atoms with E-state index in [1.54, 1.807) is 10.9 Å². The number of aryl methyl sites for hydroxylation is 1. The lowest BCUT2D eigenvalue weighted by Gasteiger charge is -2.26. The number of aromatic nitrogens is 4. The predicted molar refractivity (Wildman–Crippen MR) is 132 cm³/mol. The van der Waals surface area contributed by atoms with Crippen molar-refractivity contribution in [2.75, 3.05) is 31.6 Å². The largest absolute Gasteiger partial charge is 0.490 e. The second kappa shape index (κ2) is 11.3. The number of anilines is 2. The van der Waals surface area contributed by atoms with Crippen LogP contribution in [0.5, 0.6) is 0 Å². The fourth-order valence-corrected chi connectivity index (χ4v) is 3.61. The van der Waals surface area contributed by atoms with E-state index in [1.165, 1.54) is 0 Å². The molecule has 4 aromatic rings. The average Bonchev–Trinajstić information content (AvgIpc) is 3.35. The fourth-order valence-electron chi connectivity index (χ4n) is 3.61. The first kappa shape index (κ1) is 26.5. The van der Waals surface area contributed by atoms with Gasteiger partial charge in [0.15, 0.2) is 0 Å². The Bertz CT molecular complexity index is 1430.